The normalized spacial score (nSPS) is 21.1. The topological polar surface area (TPSA) is 67.2 Å². The molecule has 0 aliphatic carbocycles. The first kappa shape index (κ1) is 14.5. The minimum atomic E-state index is -3.06. The van der Waals surface area contributed by atoms with E-state index in [2.05, 4.69) is 20.9 Å². The minimum Gasteiger partial charge on any atom is -0.296 e. The van der Waals surface area contributed by atoms with Gasteiger partial charge in [0.25, 0.3) is 0 Å². The van der Waals surface area contributed by atoms with E-state index < -0.39 is 10.0 Å². The molecule has 1 aromatic heterocycles. The summed E-state index contributed by atoms with van der Waals surface area (Å²) in [5.74, 6) is 0. The van der Waals surface area contributed by atoms with Gasteiger partial charge < -0.3 is 0 Å². The van der Waals surface area contributed by atoms with E-state index >= 15 is 0 Å². The zero-order valence-corrected chi connectivity index (χ0v) is 12.4. The minimum absolute atomic E-state index is 0.437. The van der Waals surface area contributed by atoms with Gasteiger partial charge in [-0.3, -0.25) is 9.58 Å². The molecular weight excluding hydrogens is 264 g/mol. The van der Waals surface area contributed by atoms with Crippen molar-refractivity contribution in [1.82, 2.24) is 19.4 Å². The molecule has 1 saturated heterocycles. The molecule has 0 spiro atoms. The summed E-state index contributed by atoms with van der Waals surface area (Å²) in [5, 5.41) is 4.22. The van der Waals surface area contributed by atoms with Gasteiger partial charge in [-0.05, 0) is 32.4 Å². The van der Waals surface area contributed by atoms with E-state index in [1.807, 2.05) is 17.9 Å². The second-order valence-electron chi connectivity index (χ2n) is 5.16. The maximum absolute atomic E-state index is 11.0. The van der Waals surface area contributed by atoms with Gasteiger partial charge in [-0.15, -0.1) is 0 Å². The highest BCUT2D eigenvalue weighted by atomic mass is 32.2. The summed E-state index contributed by atoms with van der Waals surface area (Å²) in [6.07, 6.45) is 8.38. The number of nitrogens with one attached hydrogen (secondary N) is 1. The lowest BCUT2D eigenvalue weighted by molar-refractivity contribution is 0.254. The third kappa shape index (κ3) is 4.29. The molecular formula is C12H22N4O2S. The first-order valence-corrected chi connectivity index (χ1v) is 8.52. The Hall–Kier alpha value is -0.920. The van der Waals surface area contributed by atoms with Gasteiger partial charge in [0.1, 0.15) is 0 Å². The fourth-order valence-electron chi connectivity index (χ4n) is 2.62. The SMILES string of the molecule is Cn1cc([C@@H]2CCCN2CCCNS(C)(=O)=O)cn1. The highest BCUT2D eigenvalue weighted by molar-refractivity contribution is 7.88. The molecule has 0 unspecified atom stereocenters. The molecule has 1 aliphatic heterocycles. The predicted octanol–water partition coefficient (Wildman–Crippen LogP) is 0.496. The molecule has 7 heteroatoms. The van der Waals surface area contributed by atoms with Crippen molar-refractivity contribution < 1.29 is 8.42 Å². The first-order valence-electron chi connectivity index (χ1n) is 6.63. The van der Waals surface area contributed by atoms with Crippen molar-refractivity contribution in [3.8, 4) is 0 Å². The molecule has 1 N–H and O–H groups in total. The highest BCUT2D eigenvalue weighted by Crippen LogP contribution is 2.31. The largest absolute Gasteiger partial charge is 0.296 e. The Kier molecular flexibility index (Phi) is 4.59. The summed E-state index contributed by atoms with van der Waals surface area (Å²) in [4.78, 5) is 2.42. The summed E-state index contributed by atoms with van der Waals surface area (Å²) < 4.78 is 26.3. The monoisotopic (exact) mass is 286 g/mol. The standard InChI is InChI=1S/C12H22N4O2S/c1-15-10-11(9-13-15)12-5-3-7-16(12)8-4-6-14-19(2,17)18/h9-10,12,14H,3-8H2,1-2H3/t12-/m0/s1. The number of hydrogen-bond acceptors (Lipinski definition) is 4. The molecule has 2 heterocycles. The molecule has 0 aromatic carbocycles. The lowest BCUT2D eigenvalue weighted by atomic mass is 10.1. The molecule has 1 fully saturated rings. The van der Waals surface area contributed by atoms with Gasteiger partial charge in [0.05, 0.1) is 12.5 Å². The van der Waals surface area contributed by atoms with E-state index in [1.165, 1.54) is 18.2 Å². The van der Waals surface area contributed by atoms with Crippen molar-refractivity contribution in [3.05, 3.63) is 18.0 Å². The van der Waals surface area contributed by atoms with Crippen LogP contribution in [0.3, 0.4) is 0 Å². The molecule has 19 heavy (non-hydrogen) atoms. The Bertz CT molecular complexity index is 512. The van der Waals surface area contributed by atoms with Gasteiger partial charge in [0, 0.05) is 31.4 Å². The second-order valence-corrected chi connectivity index (χ2v) is 6.99. The molecule has 1 aromatic rings. The molecule has 0 saturated carbocycles. The third-order valence-electron chi connectivity index (χ3n) is 3.46. The molecule has 2 rings (SSSR count). The zero-order chi connectivity index (χ0) is 13.9. The third-order valence-corrected chi connectivity index (χ3v) is 4.19. The lowest BCUT2D eigenvalue weighted by Gasteiger charge is -2.23. The van der Waals surface area contributed by atoms with Crippen molar-refractivity contribution >= 4 is 10.0 Å². The molecule has 1 aliphatic rings. The van der Waals surface area contributed by atoms with Crippen LogP contribution in [-0.2, 0) is 17.1 Å². The van der Waals surface area contributed by atoms with Crippen molar-refractivity contribution in [2.45, 2.75) is 25.3 Å². The number of sulfonamides is 1. The zero-order valence-electron chi connectivity index (χ0n) is 11.5. The van der Waals surface area contributed by atoms with Gasteiger partial charge in [-0.25, -0.2) is 13.1 Å². The summed E-state index contributed by atoms with van der Waals surface area (Å²) in [7, 11) is -1.13. The van der Waals surface area contributed by atoms with Crippen LogP contribution in [0.2, 0.25) is 0 Å². The van der Waals surface area contributed by atoms with Crippen LogP contribution >= 0.6 is 0 Å². The fourth-order valence-corrected chi connectivity index (χ4v) is 3.14. The molecule has 0 amide bonds. The molecule has 1 atom stereocenters. The van der Waals surface area contributed by atoms with Gasteiger partial charge >= 0.3 is 0 Å². The van der Waals surface area contributed by atoms with Crippen molar-refractivity contribution in [1.29, 1.82) is 0 Å². The quantitative estimate of drug-likeness (QED) is 0.773. The number of likely N-dealkylation sites (tertiary alicyclic amines) is 1. The second kappa shape index (κ2) is 6.02. The average Bonchev–Trinajstić information content (AvgIpc) is 2.91. The van der Waals surface area contributed by atoms with E-state index in [4.69, 9.17) is 0 Å². The molecule has 6 nitrogen and oxygen atoms in total. The molecule has 0 bridgehead atoms. The Morgan fingerprint density at radius 2 is 2.32 bits per heavy atom. The van der Waals surface area contributed by atoms with Crippen LogP contribution in [0.4, 0.5) is 0 Å². The van der Waals surface area contributed by atoms with Crippen LogP contribution in [0, 0.1) is 0 Å². The first-order chi connectivity index (χ1) is 8.96. The molecule has 0 radical (unpaired) electrons. The van der Waals surface area contributed by atoms with E-state index in [0.29, 0.717) is 12.6 Å². The van der Waals surface area contributed by atoms with Gasteiger partial charge in [-0.2, -0.15) is 5.10 Å². The van der Waals surface area contributed by atoms with E-state index in [1.54, 1.807) is 0 Å². The van der Waals surface area contributed by atoms with Gasteiger partial charge in [0.2, 0.25) is 10.0 Å². The van der Waals surface area contributed by atoms with Crippen molar-refractivity contribution in [3.63, 3.8) is 0 Å². The Balaban J connectivity index is 1.83. The Labute approximate surface area is 114 Å². The van der Waals surface area contributed by atoms with Gasteiger partial charge in [-0.1, -0.05) is 0 Å². The summed E-state index contributed by atoms with van der Waals surface area (Å²) >= 11 is 0. The summed E-state index contributed by atoms with van der Waals surface area (Å²) in [6, 6.07) is 0.437. The maximum Gasteiger partial charge on any atom is 0.208 e. The van der Waals surface area contributed by atoms with Gasteiger partial charge in [0.15, 0.2) is 0 Å². The summed E-state index contributed by atoms with van der Waals surface area (Å²) in [6.45, 7) is 2.51. The average molecular weight is 286 g/mol. The lowest BCUT2D eigenvalue weighted by Crippen LogP contribution is -2.29. The van der Waals surface area contributed by atoms with Crippen LogP contribution in [0.5, 0.6) is 0 Å². The predicted molar refractivity (Wildman–Crippen MR) is 74.2 cm³/mol. The Morgan fingerprint density at radius 1 is 1.53 bits per heavy atom. The van der Waals surface area contributed by atoms with E-state index in [9.17, 15) is 8.42 Å². The fraction of sp³-hybridized carbons (Fsp3) is 0.750. The number of rotatable bonds is 6. The van der Waals surface area contributed by atoms with Crippen molar-refractivity contribution in [2.24, 2.45) is 7.05 Å². The maximum atomic E-state index is 11.0. The van der Waals surface area contributed by atoms with Crippen molar-refractivity contribution in [2.75, 3.05) is 25.9 Å². The number of nitrogens with zero attached hydrogens (tertiary/aromatic N) is 3. The van der Waals surface area contributed by atoms with Crippen LogP contribution in [-0.4, -0.2) is 49.0 Å². The highest BCUT2D eigenvalue weighted by Gasteiger charge is 2.26. The van der Waals surface area contributed by atoms with E-state index in [-0.39, 0.29) is 0 Å². The van der Waals surface area contributed by atoms with Crippen LogP contribution in [0.15, 0.2) is 12.4 Å². The van der Waals surface area contributed by atoms with Crippen LogP contribution < -0.4 is 4.72 Å². The number of aromatic nitrogens is 2. The smallest absolute Gasteiger partial charge is 0.208 e. The number of aryl methyl sites for hydroxylation is 1. The van der Waals surface area contributed by atoms with E-state index in [0.717, 1.165) is 25.9 Å². The van der Waals surface area contributed by atoms with Crippen LogP contribution in [0.1, 0.15) is 30.9 Å². The number of hydrogen-bond donors (Lipinski definition) is 1. The molecule has 108 valence electrons. The Morgan fingerprint density at radius 3 is 2.95 bits per heavy atom. The van der Waals surface area contributed by atoms with Crippen LogP contribution in [0.25, 0.3) is 0 Å². The summed E-state index contributed by atoms with van der Waals surface area (Å²) in [5.41, 5.74) is 1.26.